The number of thiophene rings is 5. The molecule has 4 aliphatic rings. The van der Waals surface area contributed by atoms with Gasteiger partial charge in [-0.15, -0.1) is 56.7 Å². The van der Waals surface area contributed by atoms with Crippen molar-refractivity contribution < 1.29 is 9.53 Å². The Morgan fingerprint density at radius 2 is 1.08 bits per heavy atom. The lowest BCUT2D eigenvalue weighted by atomic mass is 9.44. The van der Waals surface area contributed by atoms with Crippen molar-refractivity contribution >= 4 is 79.4 Å². The van der Waals surface area contributed by atoms with E-state index < -0.39 is 5.41 Å². The van der Waals surface area contributed by atoms with Crippen LogP contribution >= 0.6 is 56.7 Å². The topological polar surface area (TPSA) is 26.3 Å². The summed E-state index contributed by atoms with van der Waals surface area (Å²) in [6.07, 6.45) is 25.0. The molecule has 0 radical (unpaired) electrons. The average Bonchev–Trinajstić information content (AvgIpc) is 4.21. The quantitative estimate of drug-likeness (QED) is 0.0672. The number of rotatable bonds is 17. The molecule has 0 aliphatic heterocycles. The van der Waals surface area contributed by atoms with Gasteiger partial charge in [-0.3, -0.25) is 0 Å². The summed E-state index contributed by atoms with van der Waals surface area (Å²) in [6, 6.07) is 25.1. The second-order valence-electron chi connectivity index (χ2n) is 22.8. The molecule has 2 nitrogen and oxygen atoms in total. The summed E-state index contributed by atoms with van der Waals surface area (Å²) in [5.74, 6) is -0.269. The molecule has 1 aromatic carbocycles. The summed E-state index contributed by atoms with van der Waals surface area (Å²) in [4.78, 5) is 26.0. The molecule has 0 fully saturated rings. The Labute approximate surface area is 450 Å². The highest BCUT2D eigenvalue weighted by atomic mass is 32.1. The van der Waals surface area contributed by atoms with Crippen molar-refractivity contribution in [2.45, 2.75) is 140 Å². The molecule has 4 aliphatic carbocycles. The van der Waals surface area contributed by atoms with E-state index in [2.05, 4.69) is 177 Å². The second-order valence-corrected chi connectivity index (χ2v) is 28.0. The molecule has 10 rings (SSSR count). The molecule has 7 heteroatoms. The minimum Gasteiger partial charge on any atom is -0.462 e. The van der Waals surface area contributed by atoms with Crippen molar-refractivity contribution in [2.24, 2.45) is 21.7 Å². The Balaban J connectivity index is 1.10. The monoisotopic (exact) mass is 1040 g/mol. The molecule has 5 aromatic heterocycles. The van der Waals surface area contributed by atoms with Crippen LogP contribution in [0.5, 0.6) is 0 Å². The fourth-order valence-corrected chi connectivity index (χ4v) is 17.3. The minimum atomic E-state index is -0.417. The van der Waals surface area contributed by atoms with Crippen molar-refractivity contribution in [2.75, 3.05) is 6.61 Å². The molecule has 0 N–H and O–H groups in total. The highest BCUT2D eigenvalue weighted by Gasteiger charge is 2.59. The van der Waals surface area contributed by atoms with Gasteiger partial charge in [-0.05, 0) is 170 Å². The van der Waals surface area contributed by atoms with E-state index in [0.29, 0.717) is 12.2 Å². The summed E-state index contributed by atoms with van der Waals surface area (Å²) in [5, 5.41) is 4.55. The molecule has 0 unspecified atom stereocenters. The number of unbranched alkanes of at least 4 members (excludes halogenated alkanes) is 6. The first kappa shape index (κ1) is 51.1. The maximum atomic E-state index is 13.4. The van der Waals surface area contributed by atoms with Crippen LogP contribution in [0.4, 0.5) is 0 Å². The fraction of sp³-hybridized carbons (Fsp3) is 0.400. The van der Waals surface area contributed by atoms with Crippen LogP contribution in [0.1, 0.15) is 154 Å². The average molecular weight is 1050 g/mol. The van der Waals surface area contributed by atoms with Crippen LogP contribution in [0.15, 0.2) is 125 Å². The van der Waals surface area contributed by atoms with E-state index in [1.807, 2.05) is 58.3 Å². The van der Waals surface area contributed by atoms with Gasteiger partial charge in [-0.2, -0.15) is 0 Å². The van der Waals surface area contributed by atoms with Gasteiger partial charge in [0.05, 0.1) is 12.2 Å². The predicted molar refractivity (Wildman–Crippen MR) is 317 cm³/mol. The van der Waals surface area contributed by atoms with E-state index in [1.165, 1.54) is 139 Å². The zero-order valence-corrected chi connectivity index (χ0v) is 48.5. The first-order chi connectivity index (χ1) is 34.5. The highest BCUT2D eigenvalue weighted by Crippen LogP contribution is 2.69. The zero-order valence-electron chi connectivity index (χ0n) is 44.5. The number of hydrogen-bond donors (Lipinski definition) is 0. The summed E-state index contributed by atoms with van der Waals surface area (Å²) < 4.78 is 5.61. The van der Waals surface area contributed by atoms with Crippen molar-refractivity contribution in [1.29, 1.82) is 0 Å². The van der Waals surface area contributed by atoms with Gasteiger partial charge in [0, 0.05) is 54.7 Å². The molecule has 374 valence electrons. The highest BCUT2D eigenvalue weighted by molar-refractivity contribution is 7.30. The number of carbonyl (C=O) groups excluding carboxylic acids is 1. The molecule has 2 atom stereocenters. The molecule has 6 aromatic rings. The Hall–Kier alpha value is -4.37. The van der Waals surface area contributed by atoms with E-state index in [4.69, 9.17) is 4.74 Å². The molecule has 0 bridgehead atoms. The minimum absolute atomic E-state index is 0.0639. The number of esters is 1. The normalized spacial score (nSPS) is 19.3. The smallest absolute Gasteiger partial charge is 0.338 e. The molecule has 72 heavy (non-hydrogen) atoms. The number of benzene rings is 1. The predicted octanol–water partition coefficient (Wildman–Crippen LogP) is 19.3. The Kier molecular flexibility index (Phi) is 14.2. The SMILES string of the molecule is CCCCCCc1c(-c2ccc(-c3cccs3)s2)sc(-c2ccc(-c3ccc(C4=CC5=CC(C(C)(C)C)=CC6=c7ccc(C(=O)OCC)cc7=C7C=C(C(C)(C)C)C=C4[C@]7(C)[C@@]56C)s3)s2)c1CCCCCC. The maximum absolute atomic E-state index is 13.4. The largest absolute Gasteiger partial charge is 0.462 e. The van der Waals surface area contributed by atoms with Crippen molar-refractivity contribution in [3.05, 3.63) is 157 Å². The summed E-state index contributed by atoms with van der Waals surface area (Å²) >= 11 is 9.80. The summed E-state index contributed by atoms with van der Waals surface area (Å²) in [6.45, 7) is 25.8. The lowest BCUT2D eigenvalue weighted by molar-refractivity contribution is 0.0526. The number of ether oxygens (including phenoxy) is 1. The van der Waals surface area contributed by atoms with Crippen molar-refractivity contribution in [3.8, 4) is 39.0 Å². The Morgan fingerprint density at radius 3 is 1.64 bits per heavy atom. The first-order valence-electron chi connectivity index (χ1n) is 26.7. The Bertz CT molecular complexity index is 3350. The van der Waals surface area contributed by atoms with Crippen LogP contribution < -0.4 is 10.4 Å². The van der Waals surface area contributed by atoms with Crippen molar-refractivity contribution in [3.63, 3.8) is 0 Å². The van der Waals surface area contributed by atoms with Gasteiger partial charge in [-0.25, -0.2) is 4.79 Å². The van der Waals surface area contributed by atoms with Crippen LogP contribution in [0.25, 0.3) is 55.7 Å². The van der Waals surface area contributed by atoms with E-state index in [-0.39, 0.29) is 22.2 Å². The third-order valence-corrected chi connectivity index (χ3v) is 22.2. The molecular weight excluding hydrogens is 973 g/mol. The van der Waals surface area contributed by atoms with Gasteiger partial charge in [0.15, 0.2) is 0 Å². The van der Waals surface area contributed by atoms with Gasteiger partial charge >= 0.3 is 5.97 Å². The maximum Gasteiger partial charge on any atom is 0.338 e. The van der Waals surface area contributed by atoms with Crippen LogP contribution in [0.2, 0.25) is 0 Å². The Morgan fingerprint density at radius 1 is 0.542 bits per heavy atom. The summed E-state index contributed by atoms with van der Waals surface area (Å²) in [5.41, 5.74) is 12.2. The van der Waals surface area contributed by atoms with Gasteiger partial charge in [0.25, 0.3) is 0 Å². The molecular formula is C65H72O2S5. The van der Waals surface area contributed by atoms with Gasteiger partial charge < -0.3 is 4.74 Å². The van der Waals surface area contributed by atoms with Crippen LogP contribution in [-0.4, -0.2) is 12.6 Å². The lowest BCUT2D eigenvalue weighted by Crippen LogP contribution is -2.55. The third kappa shape index (κ3) is 8.99. The third-order valence-electron chi connectivity index (χ3n) is 16.1. The number of carbonyl (C=O) groups is 1. The molecule has 5 heterocycles. The second kappa shape index (κ2) is 20.1. The van der Waals surface area contributed by atoms with Crippen LogP contribution in [0, 0.1) is 21.7 Å². The fourth-order valence-electron chi connectivity index (χ4n) is 11.7. The lowest BCUT2D eigenvalue weighted by Gasteiger charge is -2.58. The zero-order chi connectivity index (χ0) is 50.7. The molecule has 0 spiro atoms. The first-order valence-corrected chi connectivity index (χ1v) is 30.8. The van der Waals surface area contributed by atoms with E-state index >= 15 is 0 Å². The number of hydrogen-bond acceptors (Lipinski definition) is 7. The molecule has 0 saturated carbocycles. The van der Waals surface area contributed by atoms with E-state index in [9.17, 15) is 4.79 Å². The van der Waals surface area contributed by atoms with Gasteiger partial charge in [0.1, 0.15) is 0 Å². The van der Waals surface area contributed by atoms with Crippen LogP contribution in [-0.2, 0) is 17.6 Å². The molecule has 0 saturated heterocycles. The van der Waals surface area contributed by atoms with Gasteiger partial charge in [0.2, 0.25) is 0 Å². The van der Waals surface area contributed by atoms with E-state index in [1.54, 1.807) is 11.1 Å². The molecule has 0 amide bonds. The van der Waals surface area contributed by atoms with Gasteiger partial charge in [-0.1, -0.05) is 144 Å². The van der Waals surface area contributed by atoms with E-state index in [0.717, 1.165) is 18.1 Å². The number of allylic oxidation sites excluding steroid dienone is 10. The summed E-state index contributed by atoms with van der Waals surface area (Å²) in [7, 11) is 0. The van der Waals surface area contributed by atoms with Crippen molar-refractivity contribution in [1.82, 2.24) is 0 Å². The van der Waals surface area contributed by atoms with Crippen LogP contribution in [0.3, 0.4) is 0 Å². The standard InChI is InChI=1S/C65H72O2S5/c1-12-15-17-19-22-45-46(23-20-18-16-13-2)60(72-59(45)57-31-29-54(70-57)53-24-21-33-68-53)58-32-30-56(71-58)55-28-27-52(69-55)48-36-43-35-41(62(4,5)6)37-49-44-26-25-40(61(66)67-14-3)34-47(44)50-38-42(63(7,8)9)39-51(48)65(50,11)64(43,49)10/h21,24-39H,12-20,22-23H2,1-11H3/t64-,65+/m0/s1. The number of fused-ring (bicyclic) bond motifs is 1.